The first kappa shape index (κ1) is 25.4. The third-order valence-electron chi connectivity index (χ3n) is 4.29. The summed E-state index contributed by atoms with van der Waals surface area (Å²) in [5.74, 6) is -1.24. The number of hydrogen-bond donors (Lipinski definition) is 1. The SMILES string of the molecule is CCOC(=O)C[C@@H](NC(=O)c1cc(S(=O)(=O)N(C)C)c(Cl)cc1Cl)c1ccccc1Cl. The minimum absolute atomic E-state index is 0.0470. The molecule has 0 aliphatic rings. The van der Waals surface area contributed by atoms with Crippen LogP contribution in [0.2, 0.25) is 15.1 Å². The summed E-state index contributed by atoms with van der Waals surface area (Å²) in [5, 5.41) is 2.86. The fourth-order valence-electron chi connectivity index (χ4n) is 2.72. The molecule has 31 heavy (non-hydrogen) atoms. The number of nitrogens with one attached hydrogen (secondary N) is 1. The van der Waals surface area contributed by atoms with Crippen LogP contribution in [0.15, 0.2) is 41.3 Å². The van der Waals surface area contributed by atoms with Gasteiger partial charge in [-0.1, -0.05) is 53.0 Å². The molecule has 0 radical (unpaired) electrons. The van der Waals surface area contributed by atoms with Crippen LogP contribution in [0.25, 0.3) is 0 Å². The Bertz CT molecular complexity index is 1090. The van der Waals surface area contributed by atoms with Crippen molar-refractivity contribution in [3.8, 4) is 0 Å². The van der Waals surface area contributed by atoms with Gasteiger partial charge in [-0.25, -0.2) is 12.7 Å². The molecule has 1 amide bonds. The van der Waals surface area contributed by atoms with Crippen molar-refractivity contribution in [1.29, 1.82) is 0 Å². The van der Waals surface area contributed by atoms with Crippen molar-refractivity contribution in [1.82, 2.24) is 9.62 Å². The zero-order chi connectivity index (χ0) is 23.3. The third-order valence-corrected chi connectivity index (χ3v) is 7.22. The number of carbonyl (C=O) groups excluding carboxylic acids is 2. The van der Waals surface area contributed by atoms with Gasteiger partial charge in [0.25, 0.3) is 5.91 Å². The number of hydrogen-bond acceptors (Lipinski definition) is 5. The summed E-state index contributed by atoms with van der Waals surface area (Å²) in [7, 11) is -1.25. The average molecular weight is 508 g/mol. The molecule has 2 aromatic rings. The standard InChI is InChI=1S/C20H21Cl3N2O5S/c1-4-30-19(26)11-17(12-7-5-6-8-14(12)21)24-20(27)13-9-18(16(23)10-15(13)22)31(28,29)25(2)3/h5-10,17H,4,11H2,1-3H3,(H,24,27)/t17-/m1/s1. The van der Waals surface area contributed by atoms with Crippen LogP contribution < -0.4 is 5.32 Å². The summed E-state index contributed by atoms with van der Waals surface area (Å²) >= 11 is 18.5. The molecular weight excluding hydrogens is 487 g/mol. The number of amides is 1. The lowest BCUT2D eigenvalue weighted by Gasteiger charge is -2.21. The lowest BCUT2D eigenvalue weighted by Crippen LogP contribution is -2.31. The van der Waals surface area contributed by atoms with Crippen molar-refractivity contribution < 1.29 is 22.7 Å². The molecule has 0 bridgehead atoms. The largest absolute Gasteiger partial charge is 0.466 e. The average Bonchev–Trinajstić information content (AvgIpc) is 2.67. The van der Waals surface area contributed by atoms with E-state index in [0.29, 0.717) is 10.6 Å². The minimum atomic E-state index is -3.93. The molecule has 0 fully saturated rings. The highest BCUT2D eigenvalue weighted by Gasteiger charge is 2.27. The van der Waals surface area contributed by atoms with Gasteiger partial charge in [-0.2, -0.15) is 0 Å². The number of nitrogens with zero attached hydrogens (tertiary/aromatic N) is 1. The Morgan fingerprint density at radius 1 is 1.06 bits per heavy atom. The van der Waals surface area contributed by atoms with E-state index in [0.717, 1.165) is 10.4 Å². The molecule has 0 aliphatic carbocycles. The number of ether oxygens (including phenoxy) is 1. The maximum Gasteiger partial charge on any atom is 0.308 e. The first-order valence-corrected chi connectivity index (χ1v) is 11.7. The van der Waals surface area contributed by atoms with Crippen LogP contribution in [0.3, 0.4) is 0 Å². The van der Waals surface area contributed by atoms with E-state index >= 15 is 0 Å². The quantitative estimate of drug-likeness (QED) is 0.537. The van der Waals surface area contributed by atoms with Gasteiger partial charge in [-0.15, -0.1) is 0 Å². The van der Waals surface area contributed by atoms with Crippen LogP contribution in [-0.2, 0) is 19.6 Å². The lowest BCUT2D eigenvalue weighted by atomic mass is 10.0. The normalized spacial score (nSPS) is 12.5. The third kappa shape index (κ3) is 6.11. The van der Waals surface area contributed by atoms with Crippen LogP contribution in [0, 0.1) is 0 Å². The molecule has 0 unspecified atom stereocenters. The fraction of sp³-hybridized carbons (Fsp3) is 0.300. The highest BCUT2D eigenvalue weighted by molar-refractivity contribution is 7.89. The van der Waals surface area contributed by atoms with Crippen LogP contribution in [-0.4, -0.2) is 45.3 Å². The summed E-state index contributed by atoms with van der Waals surface area (Å²) in [5.41, 5.74) is 0.379. The zero-order valence-corrected chi connectivity index (χ0v) is 20.1. The van der Waals surface area contributed by atoms with Crippen molar-refractivity contribution in [2.75, 3.05) is 20.7 Å². The van der Waals surface area contributed by atoms with Gasteiger partial charge < -0.3 is 10.1 Å². The first-order valence-electron chi connectivity index (χ1n) is 9.11. The van der Waals surface area contributed by atoms with Crippen molar-refractivity contribution >= 4 is 56.7 Å². The van der Waals surface area contributed by atoms with E-state index in [1.54, 1.807) is 31.2 Å². The molecule has 0 aromatic heterocycles. The van der Waals surface area contributed by atoms with E-state index in [2.05, 4.69) is 5.32 Å². The molecule has 0 saturated heterocycles. The van der Waals surface area contributed by atoms with E-state index in [4.69, 9.17) is 39.5 Å². The molecule has 7 nitrogen and oxygen atoms in total. The predicted molar refractivity (Wildman–Crippen MR) is 120 cm³/mol. The molecule has 2 aromatic carbocycles. The molecule has 0 spiro atoms. The number of halogens is 3. The topological polar surface area (TPSA) is 92.8 Å². The monoisotopic (exact) mass is 506 g/mol. The first-order chi connectivity index (χ1) is 14.5. The second-order valence-corrected chi connectivity index (χ2v) is 9.95. The molecular formula is C20H21Cl3N2O5S. The summed E-state index contributed by atoms with van der Waals surface area (Å²) < 4.78 is 31.0. The predicted octanol–water partition coefficient (Wildman–Crippen LogP) is 4.32. The Morgan fingerprint density at radius 3 is 2.29 bits per heavy atom. The van der Waals surface area contributed by atoms with Crippen LogP contribution in [0.1, 0.15) is 35.3 Å². The number of esters is 1. The maximum absolute atomic E-state index is 13.0. The zero-order valence-electron chi connectivity index (χ0n) is 17.0. The van der Waals surface area contributed by atoms with Crippen molar-refractivity contribution in [2.24, 2.45) is 0 Å². The maximum atomic E-state index is 13.0. The van der Waals surface area contributed by atoms with Crippen LogP contribution in [0.4, 0.5) is 0 Å². The van der Waals surface area contributed by atoms with Gasteiger partial charge in [0, 0.05) is 19.1 Å². The van der Waals surface area contributed by atoms with Gasteiger partial charge in [0.1, 0.15) is 4.90 Å². The van der Waals surface area contributed by atoms with Crippen molar-refractivity contribution in [3.05, 3.63) is 62.6 Å². The molecule has 1 N–H and O–H groups in total. The van der Waals surface area contributed by atoms with E-state index < -0.39 is 27.9 Å². The molecule has 1 atom stereocenters. The number of benzene rings is 2. The summed E-state index contributed by atoms with van der Waals surface area (Å²) in [4.78, 5) is 24.8. The molecule has 0 heterocycles. The minimum Gasteiger partial charge on any atom is -0.466 e. The Kier molecular flexibility index (Phi) is 8.73. The van der Waals surface area contributed by atoms with Gasteiger partial charge in [-0.3, -0.25) is 9.59 Å². The summed E-state index contributed by atoms with van der Waals surface area (Å²) in [6, 6.07) is 8.16. The highest BCUT2D eigenvalue weighted by atomic mass is 35.5. The van der Waals surface area contributed by atoms with Gasteiger partial charge >= 0.3 is 5.97 Å². The van der Waals surface area contributed by atoms with E-state index in [9.17, 15) is 18.0 Å². The van der Waals surface area contributed by atoms with Gasteiger partial charge in [-0.05, 0) is 30.7 Å². The lowest BCUT2D eigenvalue weighted by molar-refractivity contribution is -0.143. The number of sulfonamides is 1. The van der Waals surface area contributed by atoms with Crippen molar-refractivity contribution in [2.45, 2.75) is 24.3 Å². The molecule has 11 heteroatoms. The van der Waals surface area contributed by atoms with Crippen LogP contribution >= 0.6 is 34.8 Å². The van der Waals surface area contributed by atoms with Crippen molar-refractivity contribution in [3.63, 3.8) is 0 Å². The fourth-order valence-corrected chi connectivity index (χ4v) is 4.71. The number of carbonyl (C=O) groups is 2. The van der Waals surface area contributed by atoms with Gasteiger partial charge in [0.2, 0.25) is 10.0 Å². The highest BCUT2D eigenvalue weighted by Crippen LogP contribution is 2.31. The Labute approximate surface area is 196 Å². The van der Waals surface area contributed by atoms with E-state index in [1.165, 1.54) is 20.2 Å². The Hall–Kier alpha value is -1.84. The van der Waals surface area contributed by atoms with Crippen LogP contribution in [0.5, 0.6) is 0 Å². The summed E-state index contributed by atoms with van der Waals surface area (Å²) in [6.45, 7) is 1.85. The Balaban J connectivity index is 2.46. The Morgan fingerprint density at radius 2 is 1.71 bits per heavy atom. The van der Waals surface area contributed by atoms with Gasteiger partial charge in [0.05, 0.1) is 34.7 Å². The van der Waals surface area contributed by atoms with E-state index in [-0.39, 0.29) is 33.5 Å². The van der Waals surface area contributed by atoms with Gasteiger partial charge in [0.15, 0.2) is 0 Å². The van der Waals surface area contributed by atoms with E-state index in [1.807, 2.05) is 0 Å². The second-order valence-electron chi connectivity index (χ2n) is 6.61. The molecule has 0 aliphatic heterocycles. The smallest absolute Gasteiger partial charge is 0.308 e. The second kappa shape index (κ2) is 10.7. The molecule has 168 valence electrons. The molecule has 0 saturated carbocycles. The summed E-state index contributed by atoms with van der Waals surface area (Å²) in [6.07, 6.45) is -0.183. The molecule has 2 rings (SSSR count). The number of rotatable bonds is 8.